The molecule has 0 spiro atoms. The van der Waals surface area contributed by atoms with Gasteiger partial charge in [-0.05, 0) is 12.8 Å². The van der Waals surface area contributed by atoms with Crippen LogP contribution >= 0.6 is 23.1 Å². The van der Waals surface area contributed by atoms with Gasteiger partial charge in [0.15, 0.2) is 5.13 Å². The molecule has 2 saturated heterocycles. The van der Waals surface area contributed by atoms with Crippen LogP contribution in [0, 0.1) is 0 Å². The summed E-state index contributed by atoms with van der Waals surface area (Å²) < 4.78 is 0. The summed E-state index contributed by atoms with van der Waals surface area (Å²) in [6.45, 7) is 3.70. The van der Waals surface area contributed by atoms with Gasteiger partial charge in [-0.2, -0.15) is 11.8 Å². The molecule has 7 heteroatoms. The van der Waals surface area contributed by atoms with Crippen LogP contribution in [-0.4, -0.2) is 53.5 Å². The van der Waals surface area contributed by atoms with E-state index in [-0.39, 0.29) is 5.91 Å². The van der Waals surface area contributed by atoms with Gasteiger partial charge in [0.05, 0.1) is 0 Å². The molecule has 1 amide bonds. The number of hydrogen-bond donors (Lipinski definition) is 1. The molecule has 0 saturated carbocycles. The van der Waals surface area contributed by atoms with E-state index in [1.54, 1.807) is 0 Å². The molecule has 5 nitrogen and oxygen atoms in total. The number of amides is 1. The Morgan fingerprint density at radius 1 is 1.05 bits per heavy atom. The van der Waals surface area contributed by atoms with Crippen molar-refractivity contribution in [3.63, 3.8) is 0 Å². The Hall–Kier alpha value is -0.950. The quantitative estimate of drug-likeness (QED) is 0.903. The topological polar surface area (TPSA) is 62.5 Å². The van der Waals surface area contributed by atoms with Crippen molar-refractivity contribution in [3.05, 3.63) is 4.88 Å². The Morgan fingerprint density at radius 2 is 1.71 bits per heavy atom. The average molecular weight is 326 g/mol. The van der Waals surface area contributed by atoms with Crippen LogP contribution in [-0.2, 0) is 0 Å². The third-order valence-corrected chi connectivity index (χ3v) is 6.07. The van der Waals surface area contributed by atoms with Crippen molar-refractivity contribution in [1.29, 1.82) is 0 Å². The molecule has 0 atom stereocenters. The molecule has 3 rings (SSSR count). The first-order valence-electron chi connectivity index (χ1n) is 7.64. The van der Waals surface area contributed by atoms with Gasteiger partial charge in [-0.15, -0.1) is 0 Å². The zero-order chi connectivity index (χ0) is 14.7. The second-order valence-corrected chi connectivity index (χ2v) is 7.72. The van der Waals surface area contributed by atoms with E-state index in [1.165, 1.54) is 37.0 Å². The highest BCUT2D eigenvalue weighted by molar-refractivity contribution is 7.99. The summed E-state index contributed by atoms with van der Waals surface area (Å²) in [5, 5.41) is 0.920. The minimum Gasteiger partial charge on any atom is -0.382 e. The Labute approximate surface area is 133 Å². The number of rotatable bonds is 2. The number of thioether (sulfide) groups is 1. The lowest BCUT2D eigenvalue weighted by atomic mass is 10.2. The molecule has 0 unspecified atom stereocenters. The molecule has 0 bridgehead atoms. The summed E-state index contributed by atoms with van der Waals surface area (Å²) in [6.07, 6.45) is 4.97. The summed E-state index contributed by atoms with van der Waals surface area (Å²) in [5.41, 5.74) is 6.01. The second-order valence-electron chi connectivity index (χ2n) is 5.52. The molecule has 2 aliphatic rings. The van der Waals surface area contributed by atoms with E-state index in [4.69, 9.17) is 5.73 Å². The first-order valence-corrected chi connectivity index (χ1v) is 9.61. The lowest BCUT2D eigenvalue weighted by molar-refractivity contribution is 0.0778. The lowest BCUT2D eigenvalue weighted by Gasteiger charge is -2.25. The molecule has 2 N–H and O–H groups in total. The normalized spacial score (nSPS) is 20.4. The van der Waals surface area contributed by atoms with Crippen molar-refractivity contribution in [2.24, 2.45) is 0 Å². The SMILES string of the molecule is Nc1nc(N2CCCCCC2)sc1C(=O)N1CCSCC1. The summed E-state index contributed by atoms with van der Waals surface area (Å²) in [4.78, 5) is 21.9. The van der Waals surface area contributed by atoms with E-state index in [1.807, 2.05) is 16.7 Å². The number of thiazole rings is 1. The highest BCUT2D eigenvalue weighted by Crippen LogP contribution is 2.31. The zero-order valence-electron chi connectivity index (χ0n) is 12.2. The average Bonchev–Trinajstić information content (AvgIpc) is 2.74. The standard InChI is InChI=1S/C14H22N4OS2/c15-12-11(13(19)17-7-9-20-10-8-17)21-14(16-12)18-5-3-1-2-4-6-18/h1-10,15H2. The van der Waals surface area contributed by atoms with Gasteiger partial charge in [0.25, 0.3) is 5.91 Å². The Bertz CT molecular complexity index is 491. The van der Waals surface area contributed by atoms with Crippen molar-refractivity contribution < 1.29 is 4.79 Å². The summed E-state index contributed by atoms with van der Waals surface area (Å²) in [6, 6.07) is 0. The number of carbonyl (C=O) groups is 1. The summed E-state index contributed by atoms with van der Waals surface area (Å²) >= 11 is 3.37. The van der Waals surface area contributed by atoms with Crippen molar-refractivity contribution in [2.45, 2.75) is 25.7 Å². The fourth-order valence-corrected chi connectivity index (χ4v) is 4.69. The van der Waals surface area contributed by atoms with Gasteiger partial charge in [0.1, 0.15) is 10.7 Å². The van der Waals surface area contributed by atoms with Crippen LogP contribution in [0.2, 0.25) is 0 Å². The predicted molar refractivity (Wildman–Crippen MR) is 90.4 cm³/mol. The number of nitrogens with zero attached hydrogens (tertiary/aromatic N) is 3. The van der Waals surface area contributed by atoms with E-state index in [2.05, 4.69) is 9.88 Å². The van der Waals surface area contributed by atoms with Gasteiger partial charge in [0.2, 0.25) is 0 Å². The number of nitrogen functional groups attached to an aromatic ring is 1. The molecule has 0 aliphatic carbocycles. The number of anilines is 2. The third kappa shape index (κ3) is 3.45. The molecule has 1 aromatic heterocycles. The van der Waals surface area contributed by atoms with Crippen molar-refractivity contribution in [2.75, 3.05) is 48.3 Å². The number of nitrogens with two attached hydrogens (primary N) is 1. The first-order chi connectivity index (χ1) is 10.3. The fourth-order valence-electron chi connectivity index (χ4n) is 2.78. The Balaban J connectivity index is 1.75. The van der Waals surface area contributed by atoms with Gasteiger partial charge in [0, 0.05) is 37.7 Å². The lowest BCUT2D eigenvalue weighted by Crippen LogP contribution is -2.37. The fraction of sp³-hybridized carbons (Fsp3) is 0.714. The van der Waals surface area contributed by atoms with Crippen LogP contribution in [0.1, 0.15) is 35.4 Å². The van der Waals surface area contributed by atoms with Crippen LogP contribution in [0.4, 0.5) is 10.9 Å². The van der Waals surface area contributed by atoms with Crippen LogP contribution < -0.4 is 10.6 Å². The zero-order valence-corrected chi connectivity index (χ0v) is 13.8. The number of aromatic nitrogens is 1. The van der Waals surface area contributed by atoms with Crippen LogP contribution in [0.25, 0.3) is 0 Å². The highest BCUT2D eigenvalue weighted by atomic mass is 32.2. The summed E-state index contributed by atoms with van der Waals surface area (Å²) in [7, 11) is 0. The molecule has 1 aromatic rings. The second kappa shape index (κ2) is 6.87. The van der Waals surface area contributed by atoms with E-state index in [0.717, 1.165) is 42.8 Å². The first kappa shape index (κ1) is 15.0. The molecule has 21 heavy (non-hydrogen) atoms. The predicted octanol–water partition coefficient (Wildman–Crippen LogP) is 2.29. The number of hydrogen-bond acceptors (Lipinski definition) is 6. The van der Waals surface area contributed by atoms with Crippen LogP contribution in [0.15, 0.2) is 0 Å². The maximum atomic E-state index is 12.6. The van der Waals surface area contributed by atoms with Crippen molar-refractivity contribution >= 4 is 40.0 Å². The van der Waals surface area contributed by atoms with Gasteiger partial charge in [-0.3, -0.25) is 4.79 Å². The van der Waals surface area contributed by atoms with E-state index in [0.29, 0.717) is 10.7 Å². The minimum atomic E-state index is 0.0615. The van der Waals surface area contributed by atoms with Gasteiger partial charge < -0.3 is 15.5 Å². The minimum absolute atomic E-state index is 0.0615. The summed E-state index contributed by atoms with van der Waals surface area (Å²) in [5.74, 6) is 2.50. The van der Waals surface area contributed by atoms with Crippen LogP contribution in [0.3, 0.4) is 0 Å². The van der Waals surface area contributed by atoms with Crippen molar-refractivity contribution in [1.82, 2.24) is 9.88 Å². The molecular formula is C14H22N4OS2. The molecule has 116 valence electrons. The smallest absolute Gasteiger partial charge is 0.267 e. The maximum absolute atomic E-state index is 12.6. The highest BCUT2D eigenvalue weighted by Gasteiger charge is 2.25. The van der Waals surface area contributed by atoms with E-state index >= 15 is 0 Å². The van der Waals surface area contributed by atoms with Gasteiger partial charge in [-0.25, -0.2) is 4.98 Å². The monoisotopic (exact) mass is 326 g/mol. The third-order valence-electron chi connectivity index (χ3n) is 4.01. The van der Waals surface area contributed by atoms with Gasteiger partial charge >= 0.3 is 0 Å². The van der Waals surface area contributed by atoms with Crippen LogP contribution in [0.5, 0.6) is 0 Å². The van der Waals surface area contributed by atoms with E-state index in [9.17, 15) is 4.79 Å². The molecule has 0 aromatic carbocycles. The molecule has 3 heterocycles. The Morgan fingerprint density at radius 3 is 2.38 bits per heavy atom. The molecule has 0 radical (unpaired) electrons. The van der Waals surface area contributed by atoms with Gasteiger partial charge in [-0.1, -0.05) is 24.2 Å². The molecule has 2 fully saturated rings. The maximum Gasteiger partial charge on any atom is 0.267 e. The van der Waals surface area contributed by atoms with E-state index < -0.39 is 0 Å². The number of carbonyl (C=O) groups excluding carboxylic acids is 1. The largest absolute Gasteiger partial charge is 0.382 e. The Kier molecular flexibility index (Phi) is 4.90. The van der Waals surface area contributed by atoms with Crippen molar-refractivity contribution in [3.8, 4) is 0 Å². The molecule has 2 aliphatic heterocycles. The molecular weight excluding hydrogens is 304 g/mol.